The summed E-state index contributed by atoms with van der Waals surface area (Å²) in [6.07, 6.45) is 11.4. The molecule has 1 amide bonds. The molecule has 4 nitrogen and oxygen atoms in total. The molecule has 1 atom stereocenters. The van der Waals surface area contributed by atoms with Crippen LogP contribution < -0.4 is 5.32 Å². The van der Waals surface area contributed by atoms with Gasteiger partial charge in [0.15, 0.2) is 0 Å². The van der Waals surface area contributed by atoms with Crippen LogP contribution in [0.2, 0.25) is 10.0 Å². The van der Waals surface area contributed by atoms with Crippen molar-refractivity contribution in [2.24, 2.45) is 5.92 Å². The molecule has 39 heavy (non-hydrogen) atoms. The summed E-state index contributed by atoms with van der Waals surface area (Å²) in [6, 6.07) is 22.0. The van der Waals surface area contributed by atoms with Gasteiger partial charge in [0, 0.05) is 16.6 Å². The number of rotatable bonds is 6. The molecule has 2 aliphatic rings. The van der Waals surface area contributed by atoms with Gasteiger partial charge in [-0.3, -0.25) is 4.79 Å². The van der Waals surface area contributed by atoms with Gasteiger partial charge in [0.25, 0.3) is 0 Å². The number of carbonyl (C=O) groups is 1. The minimum atomic E-state index is -0.318. The van der Waals surface area contributed by atoms with Gasteiger partial charge in [-0.15, -0.1) is 0 Å². The van der Waals surface area contributed by atoms with E-state index in [9.17, 15) is 4.79 Å². The third kappa shape index (κ3) is 5.60. The van der Waals surface area contributed by atoms with E-state index in [1.807, 2.05) is 54.6 Å². The zero-order valence-corrected chi connectivity index (χ0v) is 23.7. The number of hydrogen-bond acceptors (Lipinski definition) is 2. The fourth-order valence-electron chi connectivity index (χ4n) is 6.56. The van der Waals surface area contributed by atoms with Crippen molar-refractivity contribution in [2.75, 3.05) is 0 Å². The Labute approximate surface area is 240 Å². The average molecular weight is 561 g/mol. The van der Waals surface area contributed by atoms with Gasteiger partial charge in [-0.25, -0.2) is 4.98 Å². The van der Waals surface area contributed by atoms with E-state index in [-0.39, 0.29) is 23.9 Å². The van der Waals surface area contributed by atoms with Gasteiger partial charge < -0.3 is 9.88 Å². The zero-order chi connectivity index (χ0) is 26.8. The number of nitrogens with zero attached hydrogens (tertiary/aromatic N) is 2. The lowest BCUT2D eigenvalue weighted by molar-refractivity contribution is -0.127. The summed E-state index contributed by atoms with van der Waals surface area (Å²) in [7, 11) is 0. The highest BCUT2D eigenvalue weighted by atomic mass is 35.5. The van der Waals surface area contributed by atoms with Crippen LogP contribution in [0.1, 0.15) is 70.3 Å². The maximum absolute atomic E-state index is 14.2. The van der Waals surface area contributed by atoms with Crippen molar-refractivity contribution in [3.63, 3.8) is 0 Å². The van der Waals surface area contributed by atoms with E-state index in [0.717, 1.165) is 72.1 Å². The Kier molecular flexibility index (Phi) is 7.95. The van der Waals surface area contributed by atoms with Crippen LogP contribution >= 0.6 is 23.2 Å². The molecule has 6 heteroatoms. The highest BCUT2D eigenvalue weighted by molar-refractivity contribution is 6.33. The smallest absolute Gasteiger partial charge is 0.243 e. The second kappa shape index (κ2) is 11.7. The molecule has 0 spiro atoms. The van der Waals surface area contributed by atoms with Crippen LogP contribution in [0, 0.1) is 5.92 Å². The molecule has 0 saturated heterocycles. The first-order valence-corrected chi connectivity index (χ1v) is 15.2. The molecule has 2 fully saturated rings. The van der Waals surface area contributed by atoms with Crippen molar-refractivity contribution in [1.29, 1.82) is 0 Å². The first-order valence-electron chi connectivity index (χ1n) is 14.4. The normalized spacial score (nSPS) is 17.8. The molecular formula is C33H35Cl2N3O. The van der Waals surface area contributed by atoms with E-state index in [0.29, 0.717) is 10.0 Å². The van der Waals surface area contributed by atoms with E-state index < -0.39 is 0 Å². The van der Waals surface area contributed by atoms with Gasteiger partial charge in [-0.2, -0.15) is 0 Å². The van der Waals surface area contributed by atoms with Crippen LogP contribution in [0.3, 0.4) is 0 Å². The van der Waals surface area contributed by atoms with Crippen molar-refractivity contribution in [3.05, 3.63) is 76.8 Å². The quantitative estimate of drug-likeness (QED) is 0.256. The molecule has 3 aromatic carbocycles. The summed E-state index contributed by atoms with van der Waals surface area (Å²) in [4.78, 5) is 19.3. The Morgan fingerprint density at radius 2 is 1.49 bits per heavy atom. The molecule has 6 rings (SSSR count). The van der Waals surface area contributed by atoms with E-state index in [2.05, 4.69) is 22.0 Å². The summed E-state index contributed by atoms with van der Waals surface area (Å²) >= 11 is 13.1. The van der Waals surface area contributed by atoms with Gasteiger partial charge in [0.1, 0.15) is 11.9 Å². The van der Waals surface area contributed by atoms with Gasteiger partial charge in [-0.05, 0) is 79.1 Å². The Morgan fingerprint density at radius 3 is 2.21 bits per heavy atom. The van der Waals surface area contributed by atoms with Gasteiger partial charge in [-0.1, -0.05) is 92.1 Å². The molecule has 2 aliphatic carbocycles. The summed E-state index contributed by atoms with van der Waals surface area (Å²) in [5.74, 6) is 1.16. The monoisotopic (exact) mass is 559 g/mol. The third-order valence-electron chi connectivity index (χ3n) is 8.58. The first kappa shape index (κ1) is 26.4. The van der Waals surface area contributed by atoms with Crippen molar-refractivity contribution in [1.82, 2.24) is 14.9 Å². The Balaban J connectivity index is 1.45. The first-order chi connectivity index (χ1) is 19.1. The molecule has 202 valence electrons. The topological polar surface area (TPSA) is 46.9 Å². The maximum Gasteiger partial charge on any atom is 0.243 e. The maximum atomic E-state index is 14.2. The summed E-state index contributed by atoms with van der Waals surface area (Å²) in [5, 5.41) is 4.79. The fraction of sp³-hybridized carbons (Fsp3) is 0.394. The SMILES string of the molecule is O=C(NC1CCCCC1)C(C1CCCCC1)n1c(-c2ccc(-c3ccc(Cl)cc3)cc2Cl)nc2ccccc21. The Hall–Kier alpha value is -2.82. The molecule has 0 radical (unpaired) electrons. The van der Waals surface area contributed by atoms with Crippen molar-refractivity contribution in [2.45, 2.75) is 76.3 Å². The number of fused-ring (bicyclic) bond motifs is 1. The van der Waals surface area contributed by atoms with Crippen LogP contribution in [0.5, 0.6) is 0 Å². The Bertz CT molecular complexity index is 1450. The fourth-order valence-corrected chi connectivity index (χ4v) is 6.95. The van der Waals surface area contributed by atoms with Crippen LogP contribution in [0.25, 0.3) is 33.5 Å². The molecule has 0 aliphatic heterocycles. The average Bonchev–Trinajstić information content (AvgIpc) is 3.33. The lowest BCUT2D eigenvalue weighted by Crippen LogP contribution is -2.43. The van der Waals surface area contributed by atoms with Gasteiger partial charge in [0.2, 0.25) is 5.91 Å². The van der Waals surface area contributed by atoms with Crippen molar-refractivity contribution < 1.29 is 4.79 Å². The van der Waals surface area contributed by atoms with E-state index in [4.69, 9.17) is 28.2 Å². The number of para-hydroxylation sites is 2. The number of hydrogen-bond donors (Lipinski definition) is 1. The minimum absolute atomic E-state index is 0.132. The molecule has 4 aromatic rings. The number of amides is 1. The second-order valence-corrected chi connectivity index (χ2v) is 12.0. The Morgan fingerprint density at radius 1 is 0.821 bits per heavy atom. The van der Waals surface area contributed by atoms with E-state index in [1.54, 1.807) is 0 Å². The standard InChI is InChI=1S/C33H35Cl2N3O/c34-25-18-15-22(16-19-25)24-17-20-27(28(35)21-24)32-37-29-13-7-8-14-30(29)38(32)31(23-9-3-1-4-10-23)33(39)36-26-11-5-2-6-12-26/h7-8,13-21,23,26,31H,1-6,9-12H2,(H,36,39). The van der Waals surface area contributed by atoms with Crippen molar-refractivity contribution >= 4 is 40.1 Å². The number of benzene rings is 3. The molecule has 1 aromatic heterocycles. The molecule has 0 bridgehead atoms. The number of halogens is 2. The van der Waals surface area contributed by atoms with E-state index in [1.165, 1.54) is 25.7 Å². The third-order valence-corrected chi connectivity index (χ3v) is 9.14. The largest absolute Gasteiger partial charge is 0.352 e. The highest BCUT2D eigenvalue weighted by Crippen LogP contribution is 2.41. The second-order valence-electron chi connectivity index (χ2n) is 11.2. The number of nitrogens with one attached hydrogen (secondary N) is 1. The lowest BCUT2D eigenvalue weighted by Gasteiger charge is -2.34. The predicted molar refractivity (Wildman–Crippen MR) is 161 cm³/mol. The lowest BCUT2D eigenvalue weighted by atomic mass is 9.82. The van der Waals surface area contributed by atoms with Crippen LogP contribution in [0.15, 0.2) is 66.7 Å². The summed E-state index contributed by atoms with van der Waals surface area (Å²) in [6.45, 7) is 0. The number of carbonyl (C=O) groups excluding carboxylic acids is 1. The molecule has 1 unspecified atom stereocenters. The van der Waals surface area contributed by atoms with Crippen LogP contribution in [-0.2, 0) is 4.79 Å². The van der Waals surface area contributed by atoms with E-state index >= 15 is 0 Å². The molecular weight excluding hydrogens is 525 g/mol. The van der Waals surface area contributed by atoms with Gasteiger partial charge in [0.05, 0.1) is 16.1 Å². The minimum Gasteiger partial charge on any atom is -0.352 e. The van der Waals surface area contributed by atoms with Crippen LogP contribution in [0.4, 0.5) is 0 Å². The van der Waals surface area contributed by atoms with Gasteiger partial charge >= 0.3 is 0 Å². The summed E-state index contributed by atoms with van der Waals surface area (Å²) < 4.78 is 2.20. The number of imidazole rings is 1. The summed E-state index contributed by atoms with van der Waals surface area (Å²) in [5.41, 5.74) is 4.78. The number of aromatic nitrogens is 2. The molecule has 1 N–H and O–H groups in total. The highest BCUT2D eigenvalue weighted by Gasteiger charge is 2.35. The predicted octanol–water partition coefficient (Wildman–Crippen LogP) is 9.25. The van der Waals surface area contributed by atoms with Crippen molar-refractivity contribution in [3.8, 4) is 22.5 Å². The zero-order valence-electron chi connectivity index (χ0n) is 22.2. The van der Waals surface area contributed by atoms with Crippen LogP contribution in [-0.4, -0.2) is 21.5 Å². The molecule has 2 saturated carbocycles. The molecule has 1 heterocycles.